The van der Waals surface area contributed by atoms with Gasteiger partial charge < -0.3 is 20.5 Å². The molecule has 3 N–H and O–H groups in total. The van der Waals surface area contributed by atoms with Crippen molar-refractivity contribution >= 4 is 17.5 Å². The molecule has 0 spiro atoms. The normalized spacial score (nSPS) is 15.0. The first-order valence-corrected chi connectivity index (χ1v) is 7.50. The van der Waals surface area contributed by atoms with E-state index in [9.17, 15) is 4.79 Å². The van der Waals surface area contributed by atoms with Crippen LogP contribution in [0.15, 0.2) is 12.1 Å². The van der Waals surface area contributed by atoms with Crippen molar-refractivity contribution in [3.63, 3.8) is 0 Å². The molecule has 0 heterocycles. The molecule has 1 aliphatic rings. The Balaban J connectivity index is 1.97. The number of carbonyl (C=O) groups excluding carboxylic acids is 1. The highest BCUT2D eigenvalue weighted by molar-refractivity contribution is 6.32. The van der Waals surface area contributed by atoms with Crippen LogP contribution in [0.25, 0.3) is 0 Å². The van der Waals surface area contributed by atoms with Gasteiger partial charge in [-0.2, -0.15) is 0 Å². The van der Waals surface area contributed by atoms with Crippen LogP contribution in [0.4, 0.5) is 0 Å². The second-order valence-electron chi connectivity index (χ2n) is 5.15. The van der Waals surface area contributed by atoms with E-state index in [1.165, 1.54) is 20.0 Å². The van der Waals surface area contributed by atoms with Crippen LogP contribution in [0.1, 0.15) is 31.2 Å². The minimum atomic E-state index is -0.136. The molecule has 5 nitrogen and oxygen atoms in total. The lowest BCUT2D eigenvalue weighted by Gasteiger charge is -2.15. The fraction of sp³-hybridized carbons (Fsp3) is 0.533. The lowest BCUT2D eigenvalue weighted by atomic mass is 10.2. The van der Waals surface area contributed by atoms with Gasteiger partial charge in [-0.25, -0.2) is 0 Å². The van der Waals surface area contributed by atoms with Crippen molar-refractivity contribution in [2.45, 2.75) is 38.3 Å². The molecule has 1 saturated carbocycles. The van der Waals surface area contributed by atoms with Crippen LogP contribution in [-0.2, 0) is 11.3 Å². The summed E-state index contributed by atoms with van der Waals surface area (Å²) in [6.45, 7) is 0.285. The highest BCUT2D eigenvalue weighted by Gasteiger charge is 2.18. The number of carbonyl (C=O) groups is 1. The summed E-state index contributed by atoms with van der Waals surface area (Å²) in [4.78, 5) is 11.9. The van der Waals surface area contributed by atoms with E-state index >= 15 is 0 Å². The molecular weight excluding hydrogens is 292 g/mol. The van der Waals surface area contributed by atoms with E-state index in [4.69, 9.17) is 26.8 Å². The number of halogens is 1. The predicted octanol–water partition coefficient (Wildman–Crippen LogP) is 2.24. The van der Waals surface area contributed by atoms with Gasteiger partial charge >= 0.3 is 0 Å². The highest BCUT2D eigenvalue weighted by Crippen LogP contribution is 2.36. The molecule has 1 aromatic carbocycles. The average molecular weight is 313 g/mol. The second kappa shape index (κ2) is 7.52. The summed E-state index contributed by atoms with van der Waals surface area (Å²) >= 11 is 6.15. The van der Waals surface area contributed by atoms with Gasteiger partial charge in [-0.05, 0) is 30.5 Å². The molecule has 1 amide bonds. The number of hydrogen-bond acceptors (Lipinski definition) is 4. The molecule has 0 saturated heterocycles. The summed E-state index contributed by atoms with van der Waals surface area (Å²) in [5, 5.41) is 3.35. The van der Waals surface area contributed by atoms with E-state index in [1.54, 1.807) is 12.1 Å². The van der Waals surface area contributed by atoms with Crippen LogP contribution in [0.3, 0.4) is 0 Å². The number of ether oxygens (including phenoxy) is 2. The molecule has 116 valence electrons. The number of nitrogens with one attached hydrogen (secondary N) is 1. The second-order valence-corrected chi connectivity index (χ2v) is 5.56. The summed E-state index contributed by atoms with van der Waals surface area (Å²) in [5.41, 5.74) is 6.43. The number of amides is 1. The number of nitrogens with two attached hydrogens (primary N) is 1. The maximum absolute atomic E-state index is 11.9. The molecule has 0 aliphatic heterocycles. The maximum Gasteiger partial charge on any atom is 0.258 e. The Labute approximate surface area is 129 Å². The van der Waals surface area contributed by atoms with Crippen molar-refractivity contribution in [2.24, 2.45) is 5.73 Å². The molecule has 1 aromatic rings. The zero-order valence-corrected chi connectivity index (χ0v) is 12.9. The van der Waals surface area contributed by atoms with Crippen molar-refractivity contribution in [3.8, 4) is 11.5 Å². The molecule has 1 fully saturated rings. The Kier molecular flexibility index (Phi) is 5.70. The van der Waals surface area contributed by atoms with Crippen LogP contribution in [0.5, 0.6) is 11.5 Å². The minimum absolute atomic E-state index is 0.0748. The predicted molar refractivity (Wildman–Crippen MR) is 81.8 cm³/mol. The Morgan fingerprint density at radius 2 is 2.14 bits per heavy atom. The summed E-state index contributed by atoms with van der Waals surface area (Å²) in [6, 6.07) is 3.75. The minimum Gasteiger partial charge on any atom is -0.493 e. The van der Waals surface area contributed by atoms with Crippen molar-refractivity contribution < 1.29 is 14.3 Å². The largest absolute Gasteiger partial charge is 0.493 e. The average Bonchev–Trinajstić information content (AvgIpc) is 2.97. The number of hydrogen-bond donors (Lipinski definition) is 2. The highest BCUT2D eigenvalue weighted by atomic mass is 35.5. The Morgan fingerprint density at radius 3 is 2.76 bits per heavy atom. The van der Waals surface area contributed by atoms with Gasteiger partial charge in [-0.3, -0.25) is 4.79 Å². The Bertz CT molecular complexity index is 502. The first kappa shape index (κ1) is 15.9. The summed E-state index contributed by atoms with van der Waals surface area (Å²) in [7, 11) is 1.53. The summed E-state index contributed by atoms with van der Waals surface area (Å²) < 4.78 is 10.8. The monoisotopic (exact) mass is 312 g/mol. The van der Waals surface area contributed by atoms with Crippen LogP contribution in [0.2, 0.25) is 5.02 Å². The lowest BCUT2D eigenvalue weighted by Crippen LogP contribution is -2.36. The number of methoxy groups -OCH3 is 1. The lowest BCUT2D eigenvalue weighted by molar-refractivity contribution is -0.123. The topological polar surface area (TPSA) is 73.6 Å². The van der Waals surface area contributed by atoms with E-state index in [2.05, 4.69) is 5.32 Å². The van der Waals surface area contributed by atoms with Crippen LogP contribution in [0, 0.1) is 0 Å². The molecule has 0 bridgehead atoms. The van der Waals surface area contributed by atoms with Crippen LogP contribution < -0.4 is 20.5 Å². The van der Waals surface area contributed by atoms with Crippen LogP contribution >= 0.6 is 11.6 Å². The first-order valence-electron chi connectivity index (χ1n) is 7.12. The third kappa shape index (κ3) is 4.25. The van der Waals surface area contributed by atoms with E-state index < -0.39 is 0 Å². The summed E-state index contributed by atoms with van der Waals surface area (Å²) in [6.07, 6.45) is 4.43. The van der Waals surface area contributed by atoms with Gasteiger partial charge in [0.2, 0.25) is 0 Å². The van der Waals surface area contributed by atoms with Gasteiger partial charge in [0.1, 0.15) is 0 Å². The zero-order valence-electron chi connectivity index (χ0n) is 12.2. The van der Waals surface area contributed by atoms with Crippen molar-refractivity contribution in [1.29, 1.82) is 0 Å². The molecule has 2 rings (SSSR count). The van der Waals surface area contributed by atoms with Crippen molar-refractivity contribution in [1.82, 2.24) is 5.32 Å². The van der Waals surface area contributed by atoms with E-state index in [0.29, 0.717) is 23.1 Å². The molecule has 0 radical (unpaired) electrons. The Morgan fingerprint density at radius 1 is 1.43 bits per heavy atom. The molecule has 0 atom stereocenters. The van der Waals surface area contributed by atoms with E-state index in [1.807, 2.05) is 0 Å². The SMILES string of the molecule is COc1cc(CN)cc(Cl)c1OCC(=O)NC1CCCC1. The van der Waals surface area contributed by atoms with E-state index in [-0.39, 0.29) is 18.6 Å². The molecule has 6 heteroatoms. The van der Waals surface area contributed by atoms with Gasteiger partial charge in [0.15, 0.2) is 18.1 Å². The van der Waals surface area contributed by atoms with Crippen LogP contribution in [-0.4, -0.2) is 25.7 Å². The molecule has 21 heavy (non-hydrogen) atoms. The number of benzene rings is 1. The standard InChI is InChI=1S/C15H21ClN2O3/c1-20-13-7-10(8-17)6-12(16)15(13)21-9-14(19)18-11-4-2-3-5-11/h6-7,11H,2-5,8-9,17H2,1H3,(H,18,19). The molecular formula is C15H21ClN2O3. The van der Waals surface area contributed by atoms with Gasteiger partial charge in [-0.1, -0.05) is 24.4 Å². The zero-order chi connectivity index (χ0) is 15.2. The third-order valence-corrected chi connectivity index (χ3v) is 3.87. The van der Waals surface area contributed by atoms with Gasteiger partial charge in [-0.15, -0.1) is 0 Å². The first-order chi connectivity index (χ1) is 10.1. The molecule has 0 unspecified atom stereocenters. The third-order valence-electron chi connectivity index (χ3n) is 3.59. The maximum atomic E-state index is 11.9. The molecule has 1 aliphatic carbocycles. The smallest absolute Gasteiger partial charge is 0.258 e. The van der Waals surface area contributed by atoms with E-state index in [0.717, 1.165) is 18.4 Å². The number of rotatable bonds is 6. The quantitative estimate of drug-likeness (QED) is 0.845. The fourth-order valence-electron chi connectivity index (χ4n) is 2.51. The van der Waals surface area contributed by atoms with Gasteiger partial charge in [0.05, 0.1) is 12.1 Å². The Hall–Kier alpha value is -1.46. The van der Waals surface area contributed by atoms with Gasteiger partial charge in [0.25, 0.3) is 5.91 Å². The summed E-state index contributed by atoms with van der Waals surface area (Å²) in [5.74, 6) is 0.720. The van der Waals surface area contributed by atoms with Crippen molar-refractivity contribution in [2.75, 3.05) is 13.7 Å². The van der Waals surface area contributed by atoms with Crippen molar-refractivity contribution in [3.05, 3.63) is 22.7 Å². The van der Waals surface area contributed by atoms with Gasteiger partial charge in [0, 0.05) is 12.6 Å². The fourth-order valence-corrected chi connectivity index (χ4v) is 2.80. The molecule has 0 aromatic heterocycles.